The molecule has 0 spiro atoms. The third-order valence-corrected chi connectivity index (χ3v) is 4.03. The normalized spacial score (nSPS) is 18.2. The lowest BCUT2D eigenvalue weighted by molar-refractivity contribution is 0.0776. The van der Waals surface area contributed by atoms with Crippen molar-refractivity contribution in [2.24, 2.45) is 5.92 Å². The molecule has 2 aromatic rings. The van der Waals surface area contributed by atoms with Gasteiger partial charge in [0.05, 0.1) is 0 Å². The molecule has 1 saturated heterocycles. The molecule has 0 saturated carbocycles. The van der Waals surface area contributed by atoms with Gasteiger partial charge in [0.25, 0.3) is 5.91 Å². The molecular weight excluding hydrogens is 266 g/mol. The predicted octanol–water partition coefficient (Wildman–Crippen LogP) is 1.73. The first-order valence-corrected chi connectivity index (χ1v) is 7.20. The number of nitrogens with one attached hydrogen (secondary N) is 1. The summed E-state index contributed by atoms with van der Waals surface area (Å²) in [4.78, 5) is 18.8. The van der Waals surface area contributed by atoms with Crippen LogP contribution in [0.3, 0.4) is 0 Å². The molecule has 0 bridgehead atoms. The Balaban J connectivity index is 1.95. The van der Waals surface area contributed by atoms with Crippen LogP contribution >= 0.6 is 0 Å². The molecule has 0 aliphatic carbocycles. The van der Waals surface area contributed by atoms with Gasteiger partial charge in [-0.05, 0) is 17.9 Å². The summed E-state index contributed by atoms with van der Waals surface area (Å²) in [5, 5.41) is 14.3. The molecule has 2 N–H and O–H groups in total. The number of fused-ring (bicyclic) bond motifs is 1. The molecule has 1 aromatic heterocycles. The van der Waals surface area contributed by atoms with Crippen molar-refractivity contribution in [2.45, 2.75) is 6.42 Å². The summed E-state index contributed by atoms with van der Waals surface area (Å²) in [6.07, 6.45) is 0.856. The van der Waals surface area contributed by atoms with E-state index in [1.54, 1.807) is 11.9 Å². The largest absolute Gasteiger partial charge is 0.396 e. The Morgan fingerprint density at radius 1 is 1.48 bits per heavy atom. The minimum atomic E-state index is -0.0618. The number of hydrogen-bond acceptors (Lipinski definition) is 4. The second-order valence-electron chi connectivity index (χ2n) is 5.42. The van der Waals surface area contributed by atoms with Crippen LogP contribution in [0.2, 0.25) is 0 Å². The molecule has 1 aliphatic rings. The van der Waals surface area contributed by atoms with Crippen molar-refractivity contribution in [1.29, 1.82) is 0 Å². The second kappa shape index (κ2) is 5.69. The van der Waals surface area contributed by atoms with Gasteiger partial charge in [0.1, 0.15) is 11.5 Å². The van der Waals surface area contributed by atoms with Gasteiger partial charge < -0.3 is 15.3 Å². The fourth-order valence-electron chi connectivity index (χ4n) is 2.83. The van der Waals surface area contributed by atoms with Crippen molar-refractivity contribution in [3.63, 3.8) is 0 Å². The number of pyridine rings is 1. The van der Waals surface area contributed by atoms with Crippen LogP contribution in [0.25, 0.3) is 10.8 Å². The molecule has 0 radical (unpaired) electrons. The lowest BCUT2D eigenvalue weighted by atomic mass is 10.1. The topological polar surface area (TPSA) is 65.5 Å². The van der Waals surface area contributed by atoms with Gasteiger partial charge in [0.15, 0.2) is 0 Å². The summed E-state index contributed by atoms with van der Waals surface area (Å²) in [6.45, 7) is 1.43. The summed E-state index contributed by atoms with van der Waals surface area (Å²) < 4.78 is 0. The maximum absolute atomic E-state index is 12.6. The van der Waals surface area contributed by atoms with Crippen LogP contribution in [0.5, 0.6) is 0 Å². The molecule has 1 unspecified atom stereocenters. The van der Waals surface area contributed by atoms with Crippen molar-refractivity contribution < 1.29 is 9.90 Å². The average molecular weight is 285 g/mol. The molecule has 1 atom stereocenters. The van der Waals surface area contributed by atoms with Crippen LogP contribution in [0.15, 0.2) is 30.3 Å². The maximum atomic E-state index is 12.6. The van der Waals surface area contributed by atoms with Crippen LogP contribution in [0.4, 0.5) is 5.82 Å². The Labute approximate surface area is 123 Å². The van der Waals surface area contributed by atoms with E-state index in [2.05, 4.69) is 10.3 Å². The summed E-state index contributed by atoms with van der Waals surface area (Å²) in [5.74, 6) is 0.848. The number of carbonyl (C=O) groups is 1. The second-order valence-corrected chi connectivity index (χ2v) is 5.42. The maximum Gasteiger partial charge on any atom is 0.272 e. The number of aromatic nitrogens is 1. The molecule has 5 nitrogen and oxygen atoms in total. The Morgan fingerprint density at radius 2 is 2.29 bits per heavy atom. The smallest absolute Gasteiger partial charge is 0.272 e. The SMILES string of the molecule is CNc1nc(C(=O)N2CCC(CO)C2)cc2ccccc12. The minimum absolute atomic E-state index is 0.0618. The zero-order chi connectivity index (χ0) is 14.8. The number of amides is 1. The Morgan fingerprint density at radius 3 is 3.00 bits per heavy atom. The number of likely N-dealkylation sites (tertiary alicyclic amines) is 1. The van der Waals surface area contributed by atoms with E-state index in [1.807, 2.05) is 30.3 Å². The zero-order valence-electron chi connectivity index (χ0n) is 12.0. The van der Waals surface area contributed by atoms with Crippen LogP contribution in [-0.4, -0.2) is 47.6 Å². The Kier molecular flexibility index (Phi) is 3.75. The number of anilines is 1. The van der Waals surface area contributed by atoms with Crippen LogP contribution < -0.4 is 5.32 Å². The van der Waals surface area contributed by atoms with E-state index in [9.17, 15) is 9.90 Å². The van der Waals surface area contributed by atoms with Crippen LogP contribution in [-0.2, 0) is 0 Å². The number of benzene rings is 1. The molecular formula is C16H19N3O2. The average Bonchev–Trinajstić information content (AvgIpc) is 3.02. The number of rotatable bonds is 3. The van der Waals surface area contributed by atoms with Crippen molar-refractivity contribution in [3.05, 3.63) is 36.0 Å². The van der Waals surface area contributed by atoms with Crippen LogP contribution in [0, 0.1) is 5.92 Å². The van der Waals surface area contributed by atoms with Gasteiger partial charge in [0, 0.05) is 38.0 Å². The number of nitrogens with zero attached hydrogens (tertiary/aromatic N) is 2. The van der Waals surface area contributed by atoms with Gasteiger partial charge in [-0.15, -0.1) is 0 Å². The summed E-state index contributed by atoms with van der Waals surface area (Å²) >= 11 is 0. The van der Waals surface area contributed by atoms with Gasteiger partial charge in [0.2, 0.25) is 0 Å². The first-order chi connectivity index (χ1) is 10.2. The van der Waals surface area contributed by atoms with Crippen molar-refractivity contribution in [2.75, 3.05) is 32.1 Å². The number of aliphatic hydroxyl groups excluding tert-OH is 1. The standard InChI is InChI=1S/C16H19N3O2/c1-17-15-13-5-3-2-4-12(13)8-14(18-15)16(21)19-7-6-11(9-19)10-20/h2-5,8,11,20H,6-7,9-10H2,1H3,(H,17,18). The van der Waals surface area contributed by atoms with Crippen LogP contribution in [0.1, 0.15) is 16.9 Å². The van der Waals surface area contributed by atoms with Crippen molar-refractivity contribution in [1.82, 2.24) is 9.88 Å². The van der Waals surface area contributed by atoms with Gasteiger partial charge in [-0.3, -0.25) is 4.79 Å². The van der Waals surface area contributed by atoms with E-state index in [1.165, 1.54) is 0 Å². The Bertz CT molecular complexity index is 672. The summed E-state index contributed by atoms with van der Waals surface area (Å²) in [5.41, 5.74) is 0.455. The highest BCUT2D eigenvalue weighted by Gasteiger charge is 2.27. The van der Waals surface area contributed by atoms with E-state index in [0.29, 0.717) is 24.6 Å². The van der Waals surface area contributed by atoms with E-state index in [0.717, 1.165) is 17.2 Å². The monoisotopic (exact) mass is 285 g/mol. The van der Waals surface area contributed by atoms with Gasteiger partial charge >= 0.3 is 0 Å². The fourth-order valence-corrected chi connectivity index (χ4v) is 2.83. The highest BCUT2D eigenvalue weighted by Crippen LogP contribution is 2.24. The molecule has 1 fully saturated rings. The number of carbonyl (C=O) groups excluding carboxylic acids is 1. The van der Waals surface area contributed by atoms with E-state index in [4.69, 9.17) is 0 Å². The lowest BCUT2D eigenvalue weighted by Gasteiger charge is -2.17. The molecule has 5 heteroatoms. The highest BCUT2D eigenvalue weighted by atomic mass is 16.3. The van der Waals surface area contributed by atoms with Gasteiger partial charge in [-0.25, -0.2) is 4.98 Å². The third-order valence-electron chi connectivity index (χ3n) is 4.03. The van der Waals surface area contributed by atoms with E-state index in [-0.39, 0.29) is 18.4 Å². The Hall–Kier alpha value is -2.14. The van der Waals surface area contributed by atoms with Gasteiger partial charge in [-0.2, -0.15) is 0 Å². The molecule has 110 valence electrons. The van der Waals surface area contributed by atoms with E-state index < -0.39 is 0 Å². The molecule has 3 rings (SSSR count). The first-order valence-electron chi connectivity index (χ1n) is 7.20. The first kappa shape index (κ1) is 13.8. The van der Waals surface area contributed by atoms with Crippen molar-refractivity contribution >= 4 is 22.5 Å². The third kappa shape index (κ3) is 2.56. The fraction of sp³-hybridized carbons (Fsp3) is 0.375. The molecule has 2 heterocycles. The molecule has 21 heavy (non-hydrogen) atoms. The van der Waals surface area contributed by atoms with Crippen molar-refractivity contribution in [3.8, 4) is 0 Å². The molecule has 1 aromatic carbocycles. The summed E-state index contributed by atoms with van der Waals surface area (Å²) in [7, 11) is 1.81. The van der Waals surface area contributed by atoms with Gasteiger partial charge in [-0.1, -0.05) is 24.3 Å². The molecule has 1 amide bonds. The minimum Gasteiger partial charge on any atom is -0.396 e. The number of hydrogen-bond donors (Lipinski definition) is 2. The highest BCUT2D eigenvalue weighted by molar-refractivity contribution is 6.00. The predicted molar refractivity (Wildman–Crippen MR) is 82.4 cm³/mol. The quantitative estimate of drug-likeness (QED) is 0.901. The lowest BCUT2D eigenvalue weighted by Crippen LogP contribution is -2.30. The number of aliphatic hydroxyl groups is 1. The zero-order valence-corrected chi connectivity index (χ0v) is 12.0. The molecule has 1 aliphatic heterocycles. The summed E-state index contributed by atoms with van der Waals surface area (Å²) in [6, 6.07) is 9.71. The van der Waals surface area contributed by atoms with E-state index >= 15 is 0 Å².